The number of benzene rings is 1. The molecule has 0 spiro atoms. The van der Waals surface area contributed by atoms with E-state index in [-0.39, 0.29) is 5.91 Å². The summed E-state index contributed by atoms with van der Waals surface area (Å²) in [4.78, 5) is 14.4. The minimum absolute atomic E-state index is 0.105. The third-order valence-corrected chi connectivity index (χ3v) is 3.53. The van der Waals surface area contributed by atoms with E-state index in [1.807, 2.05) is 0 Å². The van der Waals surface area contributed by atoms with E-state index in [0.29, 0.717) is 23.5 Å². The molecule has 0 saturated carbocycles. The molecule has 3 N–H and O–H groups in total. The van der Waals surface area contributed by atoms with Crippen LogP contribution in [0.1, 0.15) is 16.8 Å². The van der Waals surface area contributed by atoms with Gasteiger partial charge in [-0.15, -0.1) is 0 Å². The number of carbonyl (C=O) groups is 1. The molecule has 6 heteroatoms. The topological polar surface area (TPSA) is 76.8 Å². The molecule has 0 aromatic heterocycles. The van der Waals surface area contributed by atoms with Gasteiger partial charge in [0.15, 0.2) is 0 Å². The molecule has 1 fully saturated rings. The van der Waals surface area contributed by atoms with Gasteiger partial charge in [0, 0.05) is 25.2 Å². The minimum Gasteiger partial charge on any atom is -0.495 e. The molecule has 2 rings (SSSR count). The number of nitrogens with two attached hydrogens (primary N) is 1. The SMILES string of the molecule is COc1ccc(C(=O)NCCCN2CCOCC2)cc1N. The summed E-state index contributed by atoms with van der Waals surface area (Å²) in [6.07, 6.45) is 0.928. The second kappa shape index (κ2) is 7.85. The van der Waals surface area contributed by atoms with Crippen molar-refractivity contribution in [1.82, 2.24) is 10.2 Å². The number of ether oxygens (including phenoxy) is 2. The second-order valence-corrected chi connectivity index (χ2v) is 5.02. The van der Waals surface area contributed by atoms with Crippen LogP contribution in [0.3, 0.4) is 0 Å². The molecule has 1 aromatic rings. The lowest BCUT2D eigenvalue weighted by atomic mass is 10.1. The largest absolute Gasteiger partial charge is 0.495 e. The van der Waals surface area contributed by atoms with Crippen molar-refractivity contribution in [3.8, 4) is 5.75 Å². The van der Waals surface area contributed by atoms with E-state index in [4.69, 9.17) is 15.2 Å². The van der Waals surface area contributed by atoms with Crippen molar-refractivity contribution in [3.05, 3.63) is 23.8 Å². The number of methoxy groups -OCH3 is 1. The summed E-state index contributed by atoms with van der Waals surface area (Å²) >= 11 is 0. The fourth-order valence-corrected chi connectivity index (χ4v) is 2.31. The number of rotatable bonds is 6. The van der Waals surface area contributed by atoms with Crippen LogP contribution in [-0.2, 0) is 4.74 Å². The van der Waals surface area contributed by atoms with Crippen LogP contribution in [0.15, 0.2) is 18.2 Å². The number of hydrogen-bond acceptors (Lipinski definition) is 5. The zero-order valence-electron chi connectivity index (χ0n) is 12.4. The van der Waals surface area contributed by atoms with Gasteiger partial charge < -0.3 is 20.5 Å². The molecule has 21 heavy (non-hydrogen) atoms. The van der Waals surface area contributed by atoms with Gasteiger partial charge in [-0.1, -0.05) is 0 Å². The second-order valence-electron chi connectivity index (χ2n) is 5.02. The van der Waals surface area contributed by atoms with Gasteiger partial charge in [-0.25, -0.2) is 0 Å². The van der Waals surface area contributed by atoms with Gasteiger partial charge in [0.2, 0.25) is 0 Å². The fraction of sp³-hybridized carbons (Fsp3) is 0.533. The summed E-state index contributed by atoms with van der Waals surface area (Å²) in [7, 11) is 1.55. The molecular formula is C15H23N3O3. The fourth-order valence-electron chi connectivity index (χ4n) is 2.31. The summed E-state index contributed by atoms with van der Waals surface area (Å²) in [5.41, 5.74) is 6.82. The van der Waals surface area contributed by atoms with Crippen molar-refractivity contribution in [2.45, 2.75) is 6.42 Å². The average Bonchev–Trinajstić information content (AvgIpc) is 2.52. The van der Waals surface area contributed by atoms with Crippen LogP contribution in [0.4, 0.5) is 5.69 Å². The first-order chi connectivity index (χ1) is 10.2. The number of carbonyl (C=O) groups excluding carboxylic acids is 1. The summed E-state index contributed by atoms with van der Waals surface area (Å²) < 4.78 is 10.4. The predicted molar refractivity (Wildman–Crippen MR) is 81.6 cm³/mol. The Morgan fingerprint density at radius 1 is 1.43 bits per heavy atom. The number of nitrogen functional groups attached to an aromatic ring is 1. The maximum Gasteiger partial charge on any atom is 0.251 e. The normalized spacial score (nSPS) is 15.7. The van der Waals surface area contributed by atoms with Crippen molar-refractivity contribution < 1.29 is 14.3 Å². The van der Waals surface area contributed by atoms with E-state index in [0.717, 1.165) is 39.3 Å². The smallest absolute Gasteiger partial charge is 0.251 e. The lowest BCUT2D eigenvalue weighted by molar-refractivity contribution is 0.0374. The van der Waals surface area contributed by atoms with Gasteiger partial charge in [0.05, 0.1) is 26.0 Å². The van der Waals surface area contributed by atoms with Crippen LogP contribution in [0.5, 0.6) is 5.75 Å². The van der Waals surface area contributed by atoms with Crippen LogP contribution < -0.4 is 15.8 Å². The lowest BCUT2D eigenvalue weighted by Gasteiger charge is -2.26. The molecule has 0 unspecified atom stereocenters. The number of hydrogen-bond donors (Lipinski definition) is 2. The molecule has 0 bridgehead atoms. The van der Waals surface area contributed by atoms with Crippen molar-refractivity contribution in [1.29, 1.82) is 0 Å². The molecule has 1 saturated heterocycles. The van der Waals surface area contributed by atoms with E-state index in [1.54, 1.807) is 25.3 Å². The maximum atomic E-state index is 12.0. The lowest BCUT2D eigenvalue weighted by Crippen LogP contribution is -2.38. The number of morpholine rings is 1. The van der Waals surface area contributed by atoms with Gasteiger partial charge in [-0.3, -0.25) is 9.69 Å². The number of anilines is 1. The van der Waals surface area contributed by atoms with E-state index in [1.165, 1.54) is 0 Å². The Balaban J connectivity index is 1.72. The monoisotopic (exact) mass is 293 g/mol. The Morgan fingerprint density at radius 3 is 2.86 bits per heavy atom. The highest BCUT2D eigenvalue weighted by Gasteiger charge is 2.11. The van der Waals surface area contributed by atoms with Crippen LogP contribution >= 0.6 is 0 Å². The van der Waals surface area contributed by atoms with Gasteiger partial charge in [-0.05, 0) is 31.2 Å². The van der Waals surface area contributed by atoms with Crippen LogP contribution in [-0.4, -0.2) is 57.3 Å². The standard InChI is InChI=1S/C15H23N3O3/c1-20-14-4-3-12(11-13(14)16)15(19)17-5-2-6-18-7-9-21-10-8-18/h3-4,11H,2,5-10,16H2,1H3,(H,17,19). The maximum absolute atomic E-state index is 12.0. The van der Waals surface area contributed by atoms with Crippen LogP contribution in [0.2, 0.25) is 0 Å². The van der Waals surface area contributed by atoms with Gasteiger partial charge in [0.1, 0.15) is 5.75 Å². The molecule has 1 amide bonds. The highest BCUT2D eigenvalue weighted by Crippen LogP contribution is 2.21. The van der Waals surface area contributed by atoms with Gasteiger partial charge in [-0.2, -0.15) is 0 Å². The predicted octanol–water partition coefficient (Wildman–Crippen LogP) is 0.730. The minimum atomic E-state index is -0.105. The Morgan fingerprint density at radius 2 is 2.19 bits per heavy atom. The zero-order chi connectivity index (χ0) is 15.1. The molecule has 6 nitrogen and oxygen atoms in total. The molecule has 0 aliphatic carbocycles. The van der Waals surface area contributed by atoms with Crippen molar-refractivity contribution in [2.24, 2.45) is 0 Å². The number of nitrogens with one attached hydrogen (secondary N) is 1. The first-order valence-electron chi connectivity index (χ1n) is 7.22. The zero-order valence-corrected chi connectivity index (χ0v) is 12.4. The Kier molecular flexibility index (Phi) is 5.83. The molecule has 0 radical (unpaired) electrons. The molecule has 1 aromatic carbocycles. The van der Waals surface area contributed by atoms with E-state index in [9.17, 15) is 4.79 Å². The quantitative estimate of drug-likeness (QED) is 0.597. The van der Waals surface area contributed by atoms with Crippen LogP contribution in [0, 0.1) is 0 Å². The summed E-state index contributed by atoms with van der Waals surface area (Å²) in [5.74, 6) is 0.477. The summed E-state index contributed by atoms with van der Waals surface area (Å²) in [6, 6.07) is 5.06. The molecule has 1 heterocycles. The highest BCUT2D eigenvalue weighted by molar-refractivity contribution is 5.95. The Bertz CT molecular complexity index is 473. The third-order valence-electron chi connectivity index (χ3n) is 3.53. The molecule has 116 valence electrons. The van der Waals surface area contributed by atoms with E-state index < -0.39 is 0 Å². The van der Waals surface area contributed by atoms with Crippen molar-refractivity contribution >= 4 is 11.6 Å². The summed E-state index contributed by atoms with van der Waals surface area (Å²) in [5, 5.41) is 2.91. The third kappa shape index (κ3) is 4.61. The number of nitrogens with zero attached hydrogens (tertiary/aromatic N) is 1. The Hall–Kier alpha value is -1.79. The average molecular weight is 293 g/mol. The van der Waals surface area contributed by atoms with Crippen molar-refractivity contribution in [3.63, 3.8) is 0 Å². The first kappa shape index (κ1) is 15.6. The molecule has 0 atom stereocenters. The van der Waals surface area contributed by atoms with Crippen molar-refractivity contribution in [2.75, 3.05) is 52.2 Å². The van der Waals surface area contributed by atoms with E-state index >= 15 is 0 Å². The number of amides is 1. The highest BCUT2D eigenvalue weighted by atomic mass is 16.5. The molecule has 1 aliphatic heterocycles. The van der Waals surface area contributed by atoms with Gasteiger partial charge in [0.25, 0.3) is 5.91 Å². The van der Waals surface area contributed by atoms with Gasteiger partial charge >= 0.3 is 0 Å². The van der Waals surface area contributed by atoms with Crippen LogP contribution in [0.25, 0.3) is 0 Å². The molecule has 1 aliphatic rings. The first-order valence-corrected chi connectivity index (χ1v) is 7.22. The summed E-state index contributed by atoms with van der Waals surface area (Å²) in [6.45, 7) is 5.19. The Labute approximate surface area is 125 Å². The molecular weight excluding hydrogens is 270 g/mol. The van der Waals surface area contributed by atoms with E-state index in [2.05, 4.69) is 10.2 Å².